The van der Waals surface area contributed by atoms with E-state index in [9.17, 15) is 9.59 Å². The summed E-state index contributed by atoms with van der Waals surface area (Å²) in [5.74, 6) is -0.194. The highest BCUT2D eigenvalue weighted by molar-refractivity contribution is 6.00. The summed E-state index contributed by atoms with van der Waals surface area (Å²) in [6.45, 7) is 9.34. The molecule has 31 heavy (non-hydrogen) atoms. The van der Waals surface area contributed by atoms with E-state index in [0.29, 0.717) is 25.1 Å². The first-order chi connectivity index (χ1) is 14.7. The van der Waals surface area contributed by atoms with Gasteiger partial charge in [0.15, 0.2) is 0 Å². The van der Waals surface area contributed by atoms with Crippen molar-refractivity contribution in [3.8, 4) is 0 Å². The van der Waals surface area contributed by atoms with Gasteiger partial charge in [0.1, 0.15) is 5.54 Å². The Balaban J connectivity index is 1.46. The first kappa shape index (κ1) is 21.1. The summed E-state index contributed by atoms with van der Waals surface area (Å²) in [5.41, 5.74) is 2.10. The van der Waals surface area contributed by atoms with Crippen molar-refractivity contribution in [3.63, 3.8) is 0 Å². The molecule has 1 atom stereocenters. The zero-order chi connectivity index (χ0) is 22.2. The molecule has 160 valence electrons. The van der Waals surface area contributed by atoms with Gasteiger partial charge in [-0.25, -0.2) is 0 Å². The Kier molecular flexibility index (Phi) is 5.34. The Morgan fingerprint density at radius 3 is 2.29 bits per heavy atom. The topological polar surface area (TPSA) is 49.4 Å². The average molecular weight is 415 g/mol. The molecule has 2 amide bonds. The second-order valence-corrected chi connectivity index (χ2v) is 9.63. The van der Waals surface area contributed by atoms with Gasteiger partial charge in [0, 0.05) is 18.7 Å². The number of carbonyl (C=O) groups is 2. The minimum absolute atomic E-state index is 0.0361. The van der Waals surface area contributed by atoms with Crippen LogP contribution in [0.5, 0.6) is 0 Å². The first-order valence-electron chi connectivity index (χ1n) is 10.9. The lowest BCUT2D eigenvalue weighted by atomic mass is 9.84. The molecule has 4 heteroatoms. The van der Waals surface area contributed by atoms with Crippen LogP contribution in [0.15, 0.2) is 66.7 Å². The maximum atomic E-state index is 13.1. The highest BCUT2D eigenvalue weighted by Crippen LogP contribution is 2.33. The van der Waals surface area contributed by atoms with Gasteiger partial charge in [0.25, 0.3) is 5.91 Å². The molecule has 0 aromatic heterocycles. The molecule has 0 radical (unpaired) electrons. The van der Waals surface area contributed by atoms with Crippen molar-refractivity contribution >= 4 is 22.6 Å². The van der Waals surface area contributed by atoms with Gasteiger partial charge in [0.2, 0.25) is 5.91 Å². The monoisotopic (exact) mass is 414 g/mol. The summed E-state index contributed by atoms with van der Waals surface area (Å²) in [6, 6.07) is 22.0. The standard InChI is InChI=1S/C27H30N2O2/c1-26(2,3)22-14-12-20(13-15-22)24(30)29-17-16-27(29,4)25(31)28-18-21-10-7-9-19-8-5-6-11-23(19)21/h5-15H,16-18H2,1-4H3,(H,28,31). The molecule has 1 unspecified atom stereocenters. The van der Waals surface area contributed by atoms with Crippen molar-refractivity contribution in [1.82, 2.24) is 10.2 Å². The second-order valence-electron chi connectivity index (χ2n) is 9.63. The maximum Gasteiger partial charge on any atom is 0.254 e. The van der Waals surface area contributed by atoms with Gasteiger partial charge in [-0.05, 0) is 52.8 Å². The molecule has 0 saturated carbocycles. The lowest BCUT2D eigenvalue weighted by Crippen LogP contribution is -2.67. The Labute approximate surface area is 184 Å². The smallest absolute Gasteiger partial charge is 0.254 e. The molecule has 0 bridgehead atoms. The van der Waals surface area contributed by atoms with Gasteiger partial charge >= 0.3 is 0 Å². The van der Waals surface area contributed by atoms with Crippen LogP contribution in [-0.2, 0) is 16.8 Å². The molecule has 3 aromatic rings. The number of fused-ring (bicyclic) bond motifs is 1. The zero-order valence-corrected chi connectivity index (χ0v) is 18.7. The van der Waals surface area contributed by atoms with Crippen LogP contribution in [0.2, 0.25) is 0 Å². The number of rotatable bonds is 4. The molecule has 1 aliphatic rings. The molecule has 4 nitrogen and oxygen atoms in total. The summed E-state index contributed by atoms with van der Waals surface area (Å²) in [6.07, 6.45) is 0.667. The van der Waals surface area contributed by atoms with Crippen LogP contribution < -0.4 is 5.32 Å². The van der Waals surface area contributed by atoms with E-state index in [4.69, 9.17) is 0 Å². The fraction of sp³-hybridized carbons (Fsp3) is 0.333. The molecule has 1 heterocycles. The van der Waals surface area contributed by atoms with E-state index in [-0.39, 0.29) is 17.2 Å². The highest BCUT2D eigenvalue weighted by Gasteiger charge is 2.49. The third-order valence-electron chi connectivity index (χ3n) is 6.47. The molecule has 3 aromatic carbocycles. The molecule has 0 aliphatic carbocycles. The van der Waals surface area contributed by atoms with E-state index >= 15 is 0 Å². The van der Waals surface area contributed by atoms with Crippen molar-refractivity contribution < 1.29 is 9.59 Å². The van der Waals surface area contributed by atoms with E-state index in [1.54, 1.807) is 4.90 Å². The van der Waals surface area contributed by atoms with Crippen LogP contribution in [0.1, 0.15) is 55.6 Å². The Bertz CT molecular complexity index is 1120. The van der Waals surface area contributed by atoms with Crippen LogP contribution in [-0.4, -0.2) is 28.8 Å². The van der Waals surface area contributed by atoms with Crippen molar-refractivity contribution in [3.05, 3.63) is 83.4 Å². The number of carbonyl (C=O) groups excluding carboxylic acids is 2. The Morgan fingerprint density at radius 1 is 0.968 bits per heavy atom. The van der Waals surface area contributed by atoms with Crippen molar-refractivity contribution in [2.75, 3.05) is 6.54 Å². The van der Waals surface area contributed by atoms with Gasteiger partial charge in [0.05, 0.1) is 0 Å². The molecule has 1 saturated heterocycles. The fourth-order valence-corrected chi connectivity index (χ4v) is 4.20. The lowest BCUT2D eigenvalue weighted by Gasteiger charge is -2.49. The SMILES string of the molecule is CC(C)(C)c1ccc(C(=O)N2CCC2(C)C(=O)NCc2cccc3ccccc23)cc1. The number of benzene rings is 3. The van der Waals surface area contributed by atoms with Crippen molar-refractivity contribution in [2.24, 2.45) is 0 Å². The van der Waals surface area contributed by atoms with Crippen LogP contribution in [0, 0.1) is 0 Å². The van der Waals surface area contributed by atoms with Gasteiger partial charge in [-0.15, -0.1) is 0 Å². The second kappa shape index (κ2) is 7.84. The predicted octanol–water partition coefficient (Wildman–Crippen LogP) is 5.06. The summed E-state index contributed by atoms with van der Waals surface area (Å²) in [4.78, 5) is 27.9. The number of hydrogen-bond acceptors (Lipinski definition) is 2. The quantitative estimate of drug-likeness (QED) is 0.649. The van der Waals surface area contributed by atoms with Gasteiger partial charge in [-0.3, -0.25) is 9.59 Å². The van der Waals surface area contributed by atoms with E-state index in [2.05, 4.69) is 44.3 Å². The Morgan fingerprint density at radius 2 is 1.65 bits per heavy atom. The normalized spacial score (nSPS) is 18.5. The van der Waals surface area contributed by atoms with E-state index in [1.165, 1.54) is 5.56 Å². The zero-order valence-electron chi connectivity index (χ0n) is 18.7. The third-order valence-corrected chi connectivity index (χ3v) is 6.47. The van der Waals surface area contributed by atoms with Gasteiger partial charge in [-0.1, -0.05) is 75.4 Å². The molecule has 4 rings (SSSR count). The lowest BCUT2D eigenvalue weighted by molar-refractivity contribution is -0.137. The largest absolute Gasteiger partial charge is 0.350 e. The van der Waals surface area contributed by atoms with E-state index in [1.807, 2.05) is 55.5 Å². The summed E-state index contributed by atoms with van der Waals surface area (Å²) in [7, 11) is 0. The van der Waals surface area contributed by atoms with Crippen LogP contribution in [0.25, 0.3) is 10.8 Å². The maximum absolute atomic E-state index is 13.1. The first-order valence-corrected chi connectivity index (χ1v) is 10.9. The van der Waals surface area contributed by atoms with Crippen molar-refractivity contribution in [1.29, 1.82) is 0 Å². The minimum atomic E-state index is -0.815. The van der Waals surface area contributed by atoms with Crippen LogP contribution >= 0.6 is 0 Å². The molecular weight excluding hydrogens is 384 g/mol. The van der Waals surface area contributed by atoms with Crippen LogP contribution in [0.3, 0.4) is 0 Å². The van der Waals surface area contributed by atoms with Gasteiger partial charge < -0.3 is 10.2 Å². The molecule has 0 spiro atoms. The van der Waals surface area contributed by atoms with Gasteiger partial charge in [-0.2, -0.15) is 0 Å². The molecule has 1 aliphatic heterocycles. The Hall–Kier alpha value is -3.14. The number of nitrogens with zero attached hydrogens (tertiary/aromatic N) is 1. The molecule has 1 fully saturated rings. The van der Waals surface area contributed by atoms with E-state index < -0.39 is 5.54 Å². The third kappa shape index (κ3) is 3.95. The molecule has 1 N–H and O–H groups in total. The van der Waals surface area contributed by atoms with E-state index in [0.717, 1.165) is 16.3 Å². The predicted molar refractivity (Wildman–Crippen MR) is 125 cm³/mol. The van der Waals surface area contributed by atoms with Crippen LogP contribution in [0.4, 0.5) is 0 Å². The number of hydrogen-bond donors (Lipinski definition) is 1. The minimum Gasteiger partial charge on any atom is -0.350 e. The number of nitrogens with one attached hydrogen (secondary N) is 1. The summed E-state index contributed by atoms with van der Waals surface area (Å²) in [5, 5.41) is 5.35. The summed E-state index contributed by atoms with van der Waals surface area (Å²) < 4.78 is 0. The summed E-state index contributed by atoms with van der Waals surface area (Å²) >= 11 is 0. The van der Waals surface area contributed by atoms with Crippen molar-refractivity contribution in [2.45, 2.75) is 51.6 Å². The fourth-order valence-electron chi connectivity index (χ4n) is 4.20. The number of amides is 2. The highest BCUT2D eigenvalue weighted by atomic mass is 16.2. The number of likely N-dealkylation sites (tertiary alicyclic amines) is 1. The average Bonchev–Trinajstić information content (AvgIpc) is 2.75. The molecular formula is C27H30N2O2.